The number of carbonyl (C=O) groups is 2. The van der Waals surface area contributed by atoms with Gasteiger partial charge in [-0.05, 0) is 55.8 Å². The molecule has 0 saturated heterocycles. The van der Waals surface area contributed by atoms with Crippen LogP contribution in [0.3, 0.4) is 0 Å². The summed E-state index contributed by atoms with van der Waals surface area (Å²) in [4.78, 5) is 23.2. The van der Waals surface area contributed by atoms with E-state index in [0.717, 1.165) is 28.4 Å². The van der Waals surface area contributed by atoms with Crippen molar-refractivity contribution in [3.05, 3.63) is 52.9 Å². The van der Waals surface area contributed by atoms with Gasteiger partial charge in [-0.1, -0.05) is 0 Å². The van der Waals surface area contributed by atoms with Crippen LogP contribution in [0.25, 0.3) is 11.8 Å². The normalized spacial score (nSPS) is 10.9. The summed E-state index contributed by atoms with van der Waals surface area (Å²) in [7, 11) is 3.04. The Balaban J connectivity index is 2.33. The van der Waals surface area contributed by atoms with E-state index in [0.29, 0.717) is 0 Å². The van der Waals surface area contributed by atoms with Crippen molar-refractivity contribution >= 4 is 18.0 Å². The molecule has 140 valence electrons. The molecule has 1 aromatic carbocycles. The van der Waals surface area contributed by atoms with Gasteiger partial charge < -0.3 is 19.4 Å². The fraction of sp³-hybridized carbons (Fsp3) is 0.250. The van der Waals surface area contributed by atoms with Gasteiger partial charge in [-0.2, -0.15) is 5.26 Å². The van der Waals surface area contributed by atoms with E-state index >= 15 is 0 Å². The van der Waals surface area contributed by atoms with Crippen molar-refractivity contribution in [2.45, 2.75) is 13.8 Å². The topological polar surface area (TPSA) is 93.4 Å². The van der Waals surface area contributed by atoms with Gasteiger partial charge in [0.25, 0.3) is 5.91 Å². The van der Waals surface area contributed by atoms with Gasteiger partial charge in [0.15, 0.2) is 6.61 Å². The van der Waals surface area contributed by atoms with Gasteiger partial charge in [0.1, 0.15) is 17.4 Å². The minimum absolute atomic E-state index is 0.172. The molecule has 0 aliphatic carbocycles. The van der Waals surface area contributed by atoms with Crippen molar-refractivity contribution < 1.29 is 19.1 Å². The minimum Gasteiger partial charge on any atom is -0.497 e. The summed E-state index contributed by atoms with van der Waals surface area (Å²) in [5, 5.41) is 11.6. The van der Waals surface area contributed by atoms with Gasteiger partial charge in [-0.15, -0.1) is 0 Å². The predicted octanol–water partition coefficient (Wildman–Crippen LogP) is 2.30. The van der Waals surface area contributed by atoms with Gasteiger partial charge in [-0.25, -0.2) is 4.79 Å². The lowest BCUT2D eigenvalue weighted by atomic mass is 10.1. The number of nitriles is 1. The lowest BCUT2D eigenvalue weighted by molar-refractivity contribution is -0.144. The highest BCUT2D eigenvalue weighted by Crippen LogP contribution is 2.24. The molecule has 0 spiro atoms. The smallest absolute Gasteiger partial charge is 0.349 e. The van der Waals surface area contributed by atoms with E-state index in [2.05, 4.69) is 5.32 Å². The first kappa shape index (κ1) is 19.8. The van der Waals surface area contributed by atoms with Crippen LogP contribution in [-0.2, 0) is 14.3 Å². The lowest BCUT2D eigenvalue weighted by Gasteiger charge is -2.10. The zero-order valence-corrected chi connectivity index (χ0v) is 15.7. The summed E-state index contributed by atoms with van der Waals surface area (Å²) >= 11 is 0. The number of aromatic nitrogens is 1. The van der Waals surface area contributed by atoms with E-state index < -0.39 is 18.5 Å². The van der Waals surface area contributed by atoms with E-state index in [-0.39, 0.29) is 5.57 Å². The Bertz CT molecular complexity index is 918. The van der Waals surface area contributed by atoms with E-state index in [1.165, 1.54) is 13.1 Å². The molecule has 1 aromatic heterocycles. The lowest BCUT2D eigenvalue weighted by Crippen LogP contribution is -2.25. The standard InChI is InChI=1S/C20H21N3O4/c1-13-9-15(10-16(11-21)20(25)27-12-19(24)22-3)14(2)23(13)17-5-7-18(26-4)8-6-17/h5-10H,12H2,1-4H3,(H,22,24). The van der Waals surface area contributed by atoms with Crippen molar-refractivity contribution in [2.24, 2.45) is 0 Å². The van der Waals surface area contributed by atoms with Gasteiger partial charge in [0.05, 0.1) is 7.11 Å². The summed E-state index contributed by atoms with van der Waals surface area (Å²) in [6, 6.07) is 11.3. The van der Waals surface area contributed by atoms with E-state index in [1.54, 1.807) is 7.11 Å². The third kappa shape index (κ3) is 4.55. The van der Waals surface area contributed by atoms with E-state index in [1.807, 2.05) is 54.8 Å². The van der Waals surface area contributed by atoms with Gasteiger partial charge in [0.2, 0.25) is 0 Å². The van der Waals surface area contributed by atoms with Crippen LogP contribution < -0.4 is 10.1 Å². The number of ether oxygens (including phenoxy) is 2. The maximum Gasteiger partial charge on any atom is 0.349 e. The molecule has 27 heavy (non-hydrogen) atoms. The number of nitrogens with one attached hydrogen (secondary N) is 1. The zero-order chi connectivity index (χ0) is 20.0. The highest BCUT2D eigenvalue weighted by molar-refractivity contribution is 5.99. The van der Waals surface area contributed by atoms with Crippen LogP contribution in [0.1, 0.15) is 17.0 Å². The number of hydrogen-bond donors (Lipinski definition) is 1. The van der Waals surface area contributed by atoms with Crippen LogP contribution in [0.15, 0.2) is 35.9 Å². The van der Waals surface area contributed by atoms with E-state index in [9.17, 15) is 14.9 Å². The number of likely N-dealkylation sites (N-methyl/N-ethyl adjacent to an activating group) is 1. The molecule has 7 nitrogen and oxygen atoms in total. The third-order valence-electron chi connectivity index (χ3n) is 4.05. The Morgan fingerprint density at radius 2 is 1.93 bits per heavy atom. The van der Waals surface area contributed by atoms with E-state index in [4.69, 9.17) is 9.47 Å². The molecule has 2 rings (SSSR count). The minimum atomic E-state index is -0.838. The average molecular weight is 367 g/mol. The molecule has 1 N–H and O–H groups in total. The summed E-state index contributed by atoms with van der Waals surface area (Å²) in [6.45, 7) is 3.40. The highest BCUT2D eigenvalue weighted by atomic mass is 16.5. The second-order valence-electron chi connectivity index (χ2n) is 5.78. The molecule has 0 bridgehead atoms. The predicted molar refractivity (Wildman–Crippen MR) is 100 cm³/mol. The van der Waals surface area contributed by atoms with Crippen molar-refractivity contribution in [1.29, 1.82) is 5.26 Å². The van der Waals surface area contributed by atoms with Crippen LogP contribution in [0, 0.1) is 25.2 Å². The number of rotatable bonds is 6. The molecular weight excluding hydrogens is 346 g/mol. The third-order valence-corrected chi connectivity index (χ3v) is 4.05. The largest absolute Gasteiger partial charge is 0.497 e. The molecule has 1 amide bonds. The fourth-order valence-electron chi connectivity index (χ4n) is 2.64. The van der Waals surface area contributed by atoms with Crippen molar-refractivity contribution in [3.63, 3.8) is 0 Å². The zero-order valence-electron chi connectivity index (χ0n) is 15.7. The molecule has 0 fully saturated rings. The number of nitrogens with zero attached hydrogens (tertiary/aromatic N) is 2. The summed E-state index contributed by atoms with van der Waals surface area (Å²) in [5.41, 5.74) is 3.29. The van der Waals surface area contributed by atoms with Gasteiger partial charge in [0, 0.05) is 24.1 Å². The maximum absolute atomic E-state index is 12.0. The first-order valence-corrected chi connectivity index (χ1v) is 8.24. The van der Waals surface area contributed by atoms with Crippen LogP contribution in [0.5, 0.6) is 5.75 Å². The summed E-state index contributed by atoms with van der Waals surface area (Å²) in [5.74, 6) is -0.527. The number of carbonyl (C=O) groups excluding carboxylic acids is 2. The second-order valence-corrected chi connectivity index (χ2v) is 5.78. The Labute approximate surface area is 157 Å². The Kier molecular flexibility index (Phi) is 6.39. The van der Waals surface area contributed by atoms with Crippen molar-refractivity contribution in [1.82, 2.24) is 9.88 Å². The van der Waals surface area contributed by atoms with Crippen LogP contribution in [0.4, 0.5) is 0 Å². The molecule has 0 unspecified atom stereocenters. The number of amides is 1. The molecular formula is C20H21N3O4. The quantitative estimate of drug-likeness (QED) is 0.480. The fourth-order valence-corrected chi connectivity index (χ4v) is 2.64. The molecule has 0 saturated carbocycles. The molecule has 1 heterocycles. The SMILES string of the molecule is CNC(=O)COC(=O)C(C#N)=Cc1cc(C)n(-c2ccc(OC)cc2)c1C. The first-order valence-electron chi connectivity index (χ1n) is 8.24. The summed E-state index contributed by atoms with van der Waals surface area (Å²) < 4.78 is 12.0. The van der Waals surface area contributed by atoms with Gasteiger partial charge >= 0.3 is 5.97 Å². The van der Waals surface area contributed by atoms with Crippen molar-refractivity contribution in [2.75, 3.05) is 20.8 Å². The molecule has 7 heteroatoms. The Hall–Kier alpha value is -3.53. The van der Waals surface area contributed by atoms with Gasteiger partial charge in [-0.3, -0.25) is 4.79 Å². The van der Waals surface area contributed by atoms with Crippen LogP contribution in [0.2, 0.25) is 0 Å². The highest BCUT2D eigenvalue weighted by Gasteiger charge is 2.15. The van der Waals surface area contributed by atoms with Crippen LogP contribution >= 0.6 is 0 Å². The maximum atomic E-state index is 12.0. The monoisotopic (exact) mass is 367 g/mol. The number of hydrogen-bond acceptors (Lipinski definition) is 5. The Morgan fingerprint density at radius 3 is 2.48 bits per heavy atom. The number of benzene rings is 1. The average Bonchev–Trinajstić information content (AvgIpc) is 2.96. The molecule has 0 aliphatic heterocycles. The second kappa shape index (κ2) is 8.72. The Morgan fingerprint density at radius 1 is 1.26 bits per heavy atom. The summed E-state index contributed by atoms with van der Waals surface area (Å²) in [6.07, 6.45) is 1.47. The number of aryl methyl sites for hydroxylation is 1. The molecule has 0 atom stereocenters. The molecule has 0 aliphatic rings. The number of methoxy groups -OCH3 is 1. The molecule has 2 aromatic rings. The number of esters is 1. The molecule has 0 radical (unpaired) electrons. The van der Waals surface area contributed by atoms with Crippen LogP contribution in [-0.4, -0.2) is 37.2 Å². The first-order chi connectivity index (χ1) is 12.9. The van der Waals surface area contributed by atoms with Crippen molar-refractivity contribution in [3.8, 4) is 17.5 Å².